The molecule has 0 heterocycles. The Kier molecular flexibility index (Phi) is 4.98. The zero-order valence-electron chi connectivity index (χ0n) is 12.2. The molecule has 2 rings (SSSR count). The second kappa shape index (κ2) is 7.12. The van der Waals surface area contributed by atoms with Crippen LogP contribution in [0, 0.1) is 0 Å². The lowest BCUT2D eigenvalue weighted by Gasteiger charge is -2.09. The summed E-state index contributed by atoms with van der Waals surface area (Å²) in [5, 5.41) is 25.1. The van der Waals surface area contributed by atoms with E-state index in [0.717, 1.165) is 0 Å². The standard InChI is InChI=1S/C16H16N2O4/c1-21-13-7-3-11(4-8-13)15(17-19)16(18-20)12-5-9-14(22-2)10-6-12/h3-10,19-20H,1-2H3/b17-15-,18-16-. The van der Waals surface area contributed by atoms with E-state index >= 15 is 0 Å². The fourth-order valence-corrected chi connectivity index (χ4v) is 1.98. The van der Waals surface area contributed by atoms with Gasteiger partial charge in [-0.15, -0.1) is 0 Å². The Morgan fingerprint density at radius 2 is 1.00 bits per heavy atom. The fourth-order valence-electron chi connectivity index (χ4n) is 1.98. The molecule has 0 aromatic heterocycles. The van der Waals surface area contributed by atoms with Gasteiger partial charge in [-0.2, -0.15) is 0 Å². The monoisotopic (exact) mass is 300 g/mol. The Labute approximate surface area is 127 Å². The van der Waals surface area contributed by atoms with Crippen LogP contribution >= 0.6 is 0 Å². The van der Waals surface area contributed by atoms with Gasteiger partial charge in [0.05, 0.1) is 14.2 Å². The molecule has 6 heteroatoms. The van der Waals surface area contributed by atoms with E-state index in [9.17, 15) is 10.4 Å². The second-order valence-electron chi connectivity index (χ2n) is 4.35. The highest BCUT2D eigenvalue weighted by molar-refractivity contribution is 6.53. The third-order valence-electron chi connectivity index (χ3n) is 3.15. The number of oxime groups is 2. The van der Waals surface area contributed by atoms with Gasteiger partial charge in [0, 0.05) is 11.1 Å². The van der Waals surface area contributed by atoms with Gasteiger partial charge in [0.15, 0.2) is 0 Å². The summed E-state index contributed by atoms with van der Waals surface area (Å²) in [4.78, 5) is 0. The Balaban J connectivity index is 2.38. The maximum Gasteiger partial charge on any atom is 0.139 e. The molecule has 0 aliphatic rings. The maximum absolute atomic E-state index is 9.31. The first-order valence-electron chi connectivity index (χ1n) is 6.46. The lowest BCUT2D eigenvalue weighted by Crippen LogP contribution is -2.17. The summed E-state index contributed by atoms with van der Waals surface area (Å²) in [5.41, 5.74) is 1.48. The highest BCUT2D eigenvalue weighted by atomic mass is 16.5. The van der Waals surface area contributed by atoms with Crippen molar-refractivity contribution in [3.8, 4) is 11.5 Å². The van der Waals surface area contributed by atoms with Crippen molar-refractivity contribution in [2.75, 3.05) is 14.2 Å². The lowest BCUT2D eigenvalue weighted by molar-refractivity contribution is 0.314. The summed E-state index contributed by atoms with van der Waals surface area (Å²) in [5.74, 6) is 1.35. The van der Waals surface area contributed by atoms with E-state index < -0.39 is 0 Å². The Bertz CT molecular complexity index is 615. The van der Waals surface area contributed by atoms with E-state index in [1.54, 1.807) is 62.8 Å². The molecule has 0 atom stereocenters. The van der Waals surface area contributed by atoms with E-state index in [1.807, 2.05) is 0 Å². The van der Waals surface area contributed by atoms with E-state index in [1.165, 1.54) is 0 Å². The van der Waals surface area contributed by atoms with Crippen LogP contribution < -0.4 is 9.47 Å². The number of nitrogens with zero attached hydrogens (tertiary/aromatic N) is 2. The van der Waals surface area contributed by atoms with Crippen molar-refractivity contribution in [3.05, 3.63) is 59.7 Å². The van der Waals surface area contributed by atoms with Crippen molar-refractivity contribution in [2.45, 2.75) is 0 Å². The van der Waals surface area contributed by atoms with Crippen LogP contribution in [0.25, 0.3) is 0 Å². The number of hydrogen-bond donors (Lipinski definition) is 2. The molecule has 0 saturated carbocycles. The van der Waals surface area contributed by atoms with Gasteiger partial charge in [0.2, 0.25) is 0 Å². The molecule has 2 aromatic carbocycles. The van der Waals surface area contributed by atoms with Crippen LogP contribution in [0.2, 0.25) is 0 Å². The van der Waals surface area contributed by atoms with Gasteiger partial charge >= 0.3 is 0 Å². The zero-order valence-corrected chi connectivity index (χ0v) is 12.2. The van der Waals surface area contributed by atoms with Crippen molar-refractivity contribution in [1.82, 2.24) is 0 Å². The molecule has 0 spiro atoms. The number of benzene rings is 2. The molecule has 0 aliphatic heterocycles. The van der Waals surface area contributed by atoms with E-state index in [-0.39, 0.29) is 11.4 Å². The third-order valence-corrected chi connectivity index (χ3v) is 3.15. The van der Waals surface area contributed by atoms with Crippen molar-refractivity contribution < 1.29 is 19.9 Å². The Morgan fingerprint density at radius 1 is 0.682 bits per heavy atom. The van der Waals surface area contributed by atoms with Crippen LogP contribution in [0.15, 0.2) is 58.8 Å². The molecular weight excluding hydrogens is 284 g/mol. The first-order chi connectivity index (χ1) is 10.7. The van der Waals surface area contributed by atoms with Crippen molar-refractivity contribution in [1.29, 1.82) is 0 Å². The highest BCUT2D eigenvalue weighted by Gasteiger charge is 2.16. The lowest BCUT2D eigenvalue weighted by atomic mass is 10.00. The first kappa shape index (κ1) is 15.4. The predicted molar refractivity (Wildman–Crippen MR) is 82.6 cm³/mol. The topological polar surface area (TPSA) is 83.6 Å². The maximum atomic E-state index is 9.31. The molecule has 0 bridgehead atoms. The van der Waals surface area contributed by atoms with E-state index in [0.29, 0.717) is 22.6 Å². The fraction of sp³-hybridized carbons (Fsp3) is 0.125. The summed E-state index contributed by atoms with van der Waals surface area (Å²) >= 11 is 0. The minimum absolute atomic E-state index is 0.148. The predicted octanol–water partition coefficient (Wildman–Crippen LogP) is 2.76. The first-order valence-corrected chi connectivity index (χ1v) is 6.46. The molecule has 0 aliphatic carbocycles. The molecule has 0 unspecified atom stereocenters. The van der Waals surface area contributed by atoms with Gasteiger partial charge < -0.3 is 19.9 Å². The smallest absolute Gasteiger partial charge is 0.139 e. The molecule has 2 aromatic rings. The number of ether oxygens (including phenoxy) is 2. The number of methoxy groups -OCH3 is 2. The molecule has 22 heavy (non-hydrogen) atoms. The van der Waals surface area contributed by atoms with Gasteiger partial charge in [-0.1, -0.05) is 10.3 Å². The Morgan fingerprint density at radius 3 is 1.23 bits per heavy atom. The summed E-state index contributed by atoms with van der Waals surface area (Å²) in [7, 11) is 3.13. The van der Waals surface area contributed by atoms with E-state index in [2.05, 4.69) is 10.3 Å². The summed E-state index contributed by atoms with van der Waals surface area (Å²) < 4.78 is 10.2. The van der Waals surface area contributed by atoms with Crippen LogP contribution in [0.1, 0.15) is 11.1 Å². The summed E-state index contributed by atoms with van der Waals surface area (Å²) in [6.07, 6.45) is 0. The third kappa shape index (κ3) is 3.17. The molecule has 6 nitrogen and oxygen atoms in total. The zero-order chi connectivity index (χ0) is 15.9. The largest absolute Gasteiger partial charge is 0.497 e. The van der Waals surface area contributed by atoms with Crippen molar-refractivity contribution >= 4 is 11.4 Å². The average Bonchev–Trinajstić information content (AvgIpc) is 2.60. The van der Waals surface area contributed by atoms with E-state index in [4.69, 9.17) is 9.47 Å². The van der Waals surface area contributed by atoms with Crippen LogP contribution in [0.5, 0.6) is 11.5 Å². The van der Waals surface area contributed by atoms with Gasteiger partial charge in [-0.3, -0.25) is 0 Å². The summed E-state index contributed by atoms with van der Waals surface area (Å²) in [6, 6.07) is 13.7. The Hall–Kier alpha value is -3.02. The van der Waals surface area contributed by atoms with Crippen molar-refractivity contribution in [2.24, 2.45) is 10.3 Å². The SMILES string of the molecule is COc1ccc(C(=N/O)/C(=N\O)c2ccc(OC)cc2)cc1. The molecule has 0 radical (unpaired) electrons. The van der Waals surface area contributed by atoms with Crippen LogP contribution in [-0.4, -0.2) is 36.1 Å². The van der Waals surface area contributed by atoms with Crippen LogP contribution in [0.4, 0.5) is 0 Å². The second-order valence-corrected chi connectivity index (χ2v) is 4.35. The molecular formula is C16H16N2O4. The normalized spacial score (nSPS) is 12.1. The number of hydrogen-bond acceptors (Lipinski definition) is 6. The van der Waals surface area contributed by atoms with Crippen LogP contribution in [0.3, 0.4) is 0 Å². The van der Waals surface area contributed by atoms with Crippen molar-refractivity contribution in [3.63, 3.8) is 0 Å². The quantitative estimate of drug-likeness (QED) is 0.505. The molecule has 114 valence electrons. The average molecular weight is 300 g/mol. The van der Waals surface area contributed by atoms with Gasteiger partial charge in [-0.25, -0.2) is 0 Å². The minimum Gasteiger partial charge on any atom is -0.497 e. The van der Waals surface area contributed by atoms with Gasteiger partial charge in [-0.05, 0) is 48.5 Å². The molecule has 0 saturated heterocycles. The van der Waals surface area contributed by atoms with Gasteiger partial charge in [0.1, 0.15) is 22.9 Å². The molecule has 0 amide bonds. The highest BCUT2D eigenvalue weighted by Crippen LogP contribution is 2.17. The molecule has 2 N–H and O–H groups in total. The summed E-state index contributed by atoms with van der Waals surface area (Å²) in [6.45, 7) is 0. The molecule has 0 fully saturated rings. The van der Waals surface area contributed by atoms with Gasteiger partial charge in [0.25, 0.3) is 0 Å². The minimum atomic E-state index is 0.148. The number of rotatable bonds is 5. The van der Waals surface area contributed by atoms with Crippen LogP contribution in [-0.2, 0) is 0 Å².